The lowest BCUT2D eigenvalue weighted by atomic mass is 9.55. The van der Waals surface area contributed by atoms with E-state index in [1.807, 2.05) is 25.2 Å². The number of esters is 1. The van der Waals surface area contributed by atoms with Crippen molar-refractivity contribution in [2.45, 2.75) is 58.1 Å². The molecule has 2 N–H and O–H groups in total. The van der Waals surface area contributed by atoms with Gasteiger partial charge in [0.15, 0.2) is 5.78 Å². The zero-order valence-corrected chi connectivity index (χ0v) is 21.3. The molecule has 0 aromatic rings. The van der Waals surface area contributed by atoms with E-state index in [9.17, 15) is 19.8 Å². The smallest absolute Gasteiger partial charge is 0.317 e. The van der Waals surface area contributed by atoms with Crippen LogP contribution in [0.25, 0.3) is 0 Å². The van der Waals surface area contributed by atoms with Crippen molar-refractivity contribution in [3.8, 4) is 0 Å². The Hall–Kier alpha value is -1.56. The molecule has 0 unspecified atom stereocenters. The summed E-state index contributed by atoms with van der Waals surface area (Å²) in [5.41, 5.74) is -1.05. The summed E-state index contributed by atoms with van der Waals surface area (Å²) in [7, 11) is 0. The van der Waals surface area contributed by atoms with Crippen LogP contribution < -0.4 is 0 Å². The van der Waals surface area contributed by atoms with Gasteiger partial charge in [0.25, 0.3) is 0 Å². The van der Waals surface area contributed by atoms with Crippen LogP contribution in [0.1, 0.15) is 41.0 Å². The predicted molar refractivity (Wildman–Crippen MR) is 130 cm³/mol. The number of aliphatic hydroxyl groups is 2. The fraction of sp³-hybridized carbons (Fsp3) is 0.615. The summed E-state index contributed by atoms with van der Waals surface area (Å²) in [6, 6.07) is 0. The van der Waals surface area contributed by atoms with Crippen LogP contribution in [0, 0.1) is 41.4 Å². The maximum Gasteiger partial charge on any atom is 0.317 e. The van der Waals surface area contributed by atoms with Gasteiger partial charge < -0.3 is 14.9 Å². The molecular formula is C26H34Cl2O5. The van der Waals surface area contributed by atoms with Crippen LogP contribution in [-0.4, -0.2) is 39.0 Å². The van der Waals surface area contributed by atoms with Crippen LogP contribution >= 0.6 is 23.2 Å². The summed E-state index contributed by atoms with van der Waals surface area (Å²) in [6.07, 6.45) is 11.6. The summed E-state index contributed by atoms with van der Waals surface area (Å²) in [6.45, 7) is 8.91. The highest BCUT2D eigenvalue weighted by molar-refractivity contribution is 6.44. The topological polar surface area (TPSA) is 83.8 Å². The highest BCUT2D eigenvalue weighted by Gasteiger charge is 2.53. The van der Waals surface area contributed by atoms with E-state index in [0.717, 1.165) is 0 Å². The average Bonchev–Trinajstić information content (AvgIpc) is 2.76. The molecule has 0 spiro atoms. The minimum absolute atomic E-state index is 0.0141. The van der Waals surface area contributed by atoms with Crippen molar-refractivity contribution in [2.75, 3.05) is 0 Å². The fourth-order valence-electron chi connectivity index (χ4n) is 5.66. The molecule has 0 aromatic carbocycles. The number of ether oxygens (including phenoxy) is 1. The van der Waals surface area contributed by atoms with Gasteiger partial charge in [-0.25, -0.2) is 0 Å². The Labute approximate surface area is 206 Å². The fourth-order valence-corrected chi connectivity index (χ4v) is 6.21. The molecule has 10 atom stereocenters. The molecule has 5 nitrogen and oxygen atoms in total. The van der Waals surface area contributed by atoms with Crippen LogP contribution in [0.5, 0.6) is 0 Å². The Morgan fingerprint density at radius 2 is 1.70 bits per heavy atom. The summed E-state index contributed by atoms with van der Waals surface area (Å²) >= 11 is 13.1. The Balaban J connectivity index is 2.14. The lowest BCUT2D eigenvalue weighted by molar-refractivity contribution is -0.152. The third kappa shape index (κ3) is 5.11. The molecule has 1 saturated carbocycles. The molecular weight excluding hydrogens is 463 g/mol. The molecule has 0 aromatic heterocycles. The van der Waals surface area contributed by atoms with Gasteiger partial charge in [0.1, 0.15) is 22.8 Å². The Kier molecular flexibility index (Phi) is 7.87. The molecule has 1 heterocycles. The predicted octanol–water partition coefficient (Wildman–Crippen LogP) is 5.33. The summed E-state index contributed by atoms with van der Waals surface area (Å²) in [4.78, 5) is 25.5. The number of carbonyl (C=O) groups excluding carboxylic acids is 2. The normalized spacial score (nSPS) is 46.6. The summed E-state index contributed by atoms with van der Waals surface area (Å²) in [5.74, 6) is -3.67. The van der Waals surface area contributed by atoms with Crippen molar-refractivity contribution in [2.24, 2.45) is 41.4 Å². The van der Waals surface area contributed by atoms with E-state index in [1.54, 1.807) is 19.9 Å². The molecule has 3 aliphatic rings. The van der Waals surface area contributed by atoms with Crippen molar-refractivity contribution in [1.29, 1.82) is 0 Å². The van der Waals surface area contributed by atoms with E-state index in [2.05, 4.69) is 19.1 Å². The number of halogens is 2. The number of ketones is 1. The van der Waals surface area contributed by atoms with Gasteiger partial charge in [-0.05, 0) is 62.9 Å². The second-order valence-electron chi connectivity index (χ2n) is 10.1. The Morgan fingerprint density at radius 3 is 2.36 bits per heavy atom. The average molecular weight is 497 g/mol. The first-order valence-electron chi connectivity index (χ1n) is 11.6. The van der Waals surface area contributed by atoms with Gasteiger partial charge in [0.05, 0.1) is 11.0 Å². The first-order valence-corrected chi connectivity index (χ1v) is 12.4. The minimum Gasteiger partial charge on any atom is -0.510 e. The monoisotopic (exact) mass is 496 g/mol. The highest BCUT2D eigenvalue weighted by Crippen LogP contribution is 2.54. The van der Waals surface area contributed by atoms with E-state index in [0.29, 0.717) is 6.42 Å². The quantitative estimate of drug-likeness (QED) is 0.205. The van der Waals surface area contributed by atoms with Gasteiger partial charge in [-0.3, -0.25) is 9.59 Å². The Morgan fingerprint density at radius 1 is 1.06 bits per heavy atom. The van der Waals surface area contributed by atoms with Crippen molar-refractivity contribution in [1.82, 2.24) is 0 Å². The number of carbonyl (C=O) groups is 2. The van der Waals surface area contributed by atoms with Crippen LogP contribution in [0.15, 0.2) is 47.2 Å². The van der Waals surface area contributed by atoms with Crippen LogP contribution in [0.3, 0.4) is 0 Å². The van der Waals surface area contributed by atoms with E-state index in [4.69, 9.17) is 27.9 Å². The zero-order chi connectivity index (χ0) is 24.7. The van der Waals surface area contributed by atoms with Gasteiger partial charge >= 0.3 is 5.97 Å². The Bertz CT molecular complexity index is 902. The van der Waals surface area contributed by atoms with E-state index >= 15 is 0 Å². The molecule has 2 aliphatic carbocycles. The largest absolute Gasteiger partial charge is 0.510 e. The van der Waals surface area contributed by atoms with E-state index < -0.39 is 40.7 Å². The van der Waals surface area contributed by atoms with Crippen molar-refractivity contribution < 1.29 is 24.5 Å². The number of Topliss-reactive ketones (excluding diaryl/α,β-unsaturated/α-hetero) is 1. The highest BCUT2D eigenvalue weighted by atomic mass is 35.5. The summed E-state index contributed by atoms with van der Waals surface area (Å²) < 4.78 is 5.34. The third-order valence-electron chi connectivity index (χ3n) is 7.54. The van der Waals surface area contributed by atoms with Gasteiger partial charge in [-0.1, -0.05) is 55.8 Å². The van der Waals surface area contributed by atoms with Crippen LogP contribution in [0.2, 0.25) is 0 Å². The molecule has 0 radical (unpaired) electrons. The lowest BCUT2D eigenvalue weighted by Crippen LogP contribution is -2.54. The van der Waals surface area contributed by atoms with Crippen molar-refractivity contribution >= 4 is 35.0 Å². The molecule has 0 amide bonds. The van der Waals surface area contributed by atoms with Gasteiger partial charge in [0.2, 0.25) is 0 Å². The van der Waals surface area contributed by atoms with E-state index in [-0.39, 0.29) is 40.4 Å². The molecule has 0 saturated heterocycles. The third-order valence-corrected chi connectivity index (χ3v) is 8.78. The molecule has 33 heavy (non-hydrogen) atoms. The molecule has 7 heteroatoms. The second kappa shape index (κ2) is 9.97. The molecule has 182 valence electrons. The number of fused-ring (bicyclic) bond motifs is 3. The number of allylic oxidation sites excluding steroid dienone is 7. The lowest BCUT2D eigenvalue weighted by Gasteiger charge is -2.52. The number of aliphatic hydroxyl groups excluding tert-OH is 1. The number of hydrogen-bond acceptors (Lipinski definition) is 5. The van der Waals surface area contributed by atoms with Crippen molar-refractivity contribution in [3.05, 3.63) is 47.2 Å². The number of hydrogen-bond donors (Lipinski definition) is 2. The SMILES string of the molecule is C[C@@H]1C(=O)O[C@@H](C)/C=C/C=C\[C@@H](C)[C@@H]2C=C[C@@H]3C[C@@](C)(O)[C@H](Cl)[C@@H](C)[C@H]3[C@@H]2C(O)=C(Cl)C1=O. The molecule has 1 fully saturated rings. The maximum absolute atomic E-state index is 13.0. The van der Waals surface area contributed by atoms with Gasteiger partial charge in [-0.15, -0.1) is 11.6 Å². The second-order valence-corrected chi connectivity index (χ2v) is 11.0. The number of rotatable bonds is 0. The van der Waals surface area contributed by atoms with Crippen molar-refractivity contribution in [3.63, 3.8) is 0 Å². The first kappa shape index (κ1) is 26.1. The number of alkyl halides is 1. The van der Waals surface area contributed by atoms with Gasteiger partial charge in [0, 0.05) is 5.92 Å². The van der Waals surface area contributed by atoms with E-state index in [1.165, 1.54) is 6.92 Å². The van der Waals surface area contributed by atoms with Crippen LogP contribution in [-0.2, 0) is 14.3 Å². The van der Waals surface area contributed by atoms with Crippen LogP contribution in [0.4, 0.5) is 0 Å². The minimum atomic E-state index is -1.15. The molecule has 1 aliphatic heterocycles. The first-order chi connectivity index (χ1) is 15.4. The zero-order valence-electron chi connectivity index (χ0n) is 19.7. The maximum atomic E-state index is 13.0. The van der Waals surface area contributed by atoms with Gasteiger partial charge in [-0.2, -0.15) is 0 Å². The summed E-state index contributed by atoms with van der Waals surface area (Å²) in [5, 5.41) is 21.4. The standard InChI is InChI=1S/C26H34Cl2O5/c1-13-8-6-7-9-14(2)33-25(31)16(4)22(29)21(27)23(30)20-18(13)11-10-17-12-26(5,32)24(28)15(3)19(17)20/h6-11,13-20,24,30,32H,12H2,1-5H3/b8-6-,9-7+,23-21?/t13-,14+,15+,16+,17-,18+,19-,20-,24-,26-/m1/s1. The number of cyclic esters (lactones) is 1. The molecule has 0 bridgehead atoms. The molecule has 3 rings (SSSR count).